The van der Waals surface area contributed by atoms with Crippen LogP contribution in [-0.4, -0.2) is 24.8 Å². The number of amides is 1. The van der Waals surface area contributed by atoms with Crippen LogP contribution in [0, 0.1) is 0 Å². The molecule has 0 radical (unpaired) electrons. The van der Waals surface area contributed by atoms with Gasteiger partial charge in [0.1, 0.15) is 5.01 Å². The van der Waals surface area contributed by atoms with Crippen LogP contribution in [0.3, 0.4) is 0 Å². The Morgan fingerprint density at radius 3 is 2.50 bits per heavy atom. The third-order valence-corrected chi connectivity index (χ3v) is 6.81. The minimum atomic E-state index is -3.86. The normalized spacial score (nSPS) is 12.0. The lowest BCUT2D eigenvalue weighted by Crippen LogP contribution is -2.40. The lowest BCUT2D eigenvalue weighted by Gasteiger charge is -2.22. The Morgan fingerprint density at radius 2 is 1.87 bits per heavy atom. The Balaban J connectivity index is 2.11. The molecule has 0 unspecified atom stereocenters. The van der Waals surface area contributed by atoms with Crippen LogP contribution in [0.5, 0.6) is 0 Å². The van der Waals surface area contributed by atoms with E-state index in [1.807, 2.05) is 18.2 Å². The van der Waals surface area contributed by atoms with Gasteiger partial charge in [-0.05, 0) is 45.0 Å². The molecule has 1 amide bonds. The van der Waals surface area contributed by atoms with E-state index in [9.17, 15) is 13.2 Å². The van der Waals surface area contributed by atoms with Crippen molar-refractivity contribution in [2.75, 3.05) is 11.1 Å². The maximum Gasteiger partial charge on any atom is 0.241 e. The van der Waals surface area contributed by atoms with E-state index in [-0.39, 0.29) is 10.8 Å². The van der Waals surface area contributed by atoms with Gasteiger partial charge in [0.05, 0.1) is 9.77 Å². The molecule has 9 heteroatoms. The molecule has 1 aromatic heterocycles. The largest absolute Gasteiger partial charge is 0.399 e. The number of hydrogen-bond acceptors (Lipinski definition) is 6. The first kappa shape index (κ1) is 21.9. The second kappa shape index (κ2) is 8.17. The zero-order valence-electron chi connectivity index (χ0n) is 17.2. The third kappa shape index (κ3) is 5.24. The van der Waals surface area contributed by atoms with E-state index in [2.05, 4.69) is 15.0 Å². The van der Waals surface area contributed by atoms with Gasteiger partial charge in [-0.2, -0.15) is 0 Å². The van der Waals surface area contributed by atoms with Crippen molar-refractivity contribution in [3.63, 3.8) is 0 Å². The van der Waals surface area contributed by atoms with E-state index in [1.165, 1.54) is 24.3 Å². The van der Waals surface area contributed by atoms with Crippen LogP contribution in [0.25, 0.3) is 21.0 Å². The molecule has 0 fully saturated rings. The average Bonchev–Trinajstić information content (AvgIpc) is 3.09. The Bertz CT molecular complexity index is 1190. The summed E-state index contributed by atoms with van der Waals surface area (Å²) in [5.74, 6) is -0.281. The minimum absolute atomic E-state index is 0.0754. The van der Waals surface area contributed by atoms with Crippen LogP contribution in [0.2, 0.25) is 0 Å². The second-order valence-electron chi connectivity index (χ2n) is 7.90. The molecule has 3 aromatic rings. The van der Waals surface area contributed by atoms with E-state index in [0.29, 0.717) is 21.8 Å². The number of carbonyl (C=O) groups is 1. The molecular formula is C21H24N4O3S2. The van der Waals surface area contributed by atoms with Crippen molar-refractivity contribution in [3.8, 4) is 21.0 Å². The predicted molar refractivity (Wildman–Crippen MR) is 122 cm³/mol. The predicted octanol–water partition coefficient (Wildman–Crippen LogP) is 4.09. The number of nitrogens with one attached hydrogen (secondary N) is 2. The van der Waals surface area contributed by atoms with Crippen LogP contribution in [0.1, 0.15) is 27.7 Å². The fraction of sp³-hybridized carbons (Fsp3) is 0.238. The maximum absolute atomic E-state index is 13.1. The fourth-order valence-electron chi connectivity index (χ4n) is 2.89. The minimum Gasteiger partial charge on any atom is -0.399 e. The van der Waals surface area contributed by atoms with Crippen LogP contribution in [0.4, 0.5) is 11.4 Å². The Hall–Kier alpha value is -2.75. The summed E-state index contributed by atoms with van der Waals surface area (Å²) in [5.41, 5.74) is 7.60. The number of carbonyl (C=O) groups excluding carboxylic acids is 1. The monoisotopic (exact) mass is 444 g/mol. The van der Waals surface area contributed by atoms with E-state index < -0.39 is 15.6 Å². The number of anilines is 2. The molecule has 7 nitrogen and oxygen atoms in total. The summed E-state index contributed by atoms with van der Waals surface area (Å²) in [5, 5.41) is 3.37. The van der Waals surface area contributed by atoms with E-state index in [4.69, 9.17) is 5.73 Å². The highest BCUT2D eigenvalue weighted by atomic mass is 32.2. The molecule has 0 aliphatic heterocycles. The van der Waals surface area contributed by atoms with Crippen molar-refractivity contribution < 1.29 is 13.2 Å². The number of hydrogen-bond donors (Lipinski definition) is 3. The first-order valence-corrected chi connectivity index (χ1v) is 11.5. The van der Waals surface area contributed by atoms with Crippen molar-refractivity contribution in [2.24, 2.45) is 0 Å². The van der Waals surface area contributed by atoms with Gasteiger partial charge in [-0.1, -0.05) is 18.2 Å². The molecule has 0 saturated heterocycles. The number of thiazole rings is 1. The van der Waals surface area contributed by atoms with Gasteiger partial charge in [-0.3, -0.25) is 4.79 Å². The van der Waals surface area contributed by atoms with Gasteiger partial charge in [0.25, 0.3) is 0 Å². The molecule has 2 aromatic carbocycles. The van der Waals surface area contributed by atoms with Crippen LogP contribution >= 0.6 is 11.3 Å². The molecule has 0 saturated carbocycles. The van der Waals surface area contributed by atoms with Gasteiger partial charge < -0.3 is 11.1 Å². The van der Waals surface area contributed by atoms with E-state index in [0.717, 1.165) is 10.6 Å². The number of nitrogens with two attached hydrogens (primary N) is 1. The summed E-state index contributed by atoms with van der Waals surface area (Å²) in [6, 6.07) is 12.2. The number of nitrogens with zero attached hydrogens (tertiary/aromatic N) is 1. The van der Waals surface area contributed by atoms with Crippen molar-refractivity contribution in [1.82, 2.24) is 9.71 Å². The topological polar surface area (TPSA) is 114 Å². The third-order valence-electron chi connectivity index (χ3n) is 3.94. The molecule has 1 heterocycles. The van der Waals surface area contributed by atoms with Crippen molar-refractivity contribution in [2.45, 2.75) is 38.1 Å². The molecule has 3 rings (SSSR count). The molecule has 0 aliphatic rings. The summed E-state index contributed by atoms with van der Waals surface area (Å²) < 4.78 is 29.0. The van der Waals surface area contributed by atoms with Crippen LogP contribution in [-0.2, 0) is 14.8 Å². The smallest absolute Gasteiger partial charge is 0.241 e. The van der Waals surface area contributed by atoms with Gasteiger partial charge in [0, 0.05) is 41.2 Å². The molecule has 158 valence electrons. The summed E-state index contributed by atoms with van der Waals surface area (Å²) in [6.45, 7) is 6.68. The van der Waals surface area contributed by atoms with Crippen LogP contribution in [0.15, 0.2) is 53.6 Å². The fourth-order valence-corrected chi connectivity index (χ4v) is 5.57. The summed E-state index contributed by atoms with van der Waals surface area (Å²) >= 11 is 1.37. The first-order valence-electron chi connectivity index (χ1n) is 9.22. The lowest BCUT2D eigenvalue weighted by atomic mass is 10.1. The summed E-state index contributed by atoms with van der Waals surface area (Å²) in [7, 11) is -3.86. The summed E-state index contributed by atoms with van der Waals surface area (Å²) in [6.07, 6.45) is 1.65. The van der Waals surface area contributed by atoms with Crippen molar-refractivity contribution >= 4 is 38.6 Å². The molecule has 0 bridgehead atoms. The Morgan fingerprint density at radius 1 is 1.13 bits per heavy atom. The Labute approximate surface area is 180 Å². The van der Waals surface area contributed by atoms with Gasteiger partial charge in [-0.15, -0.1) is 11.3 Å². The van der Waals surface area contributed by atoms with Crippen molar-refractivity contribution in [3.05, 3.63) is 48.7 Å². The van der Waals surface area contributed by atoms with Gasteiger partial charge in [-0.25, -0.2) is 18.1 Å². The Kier molecular flexibility index (Phi) is 5.98. The van der Waals surface area contributed by atoms with E-state index >= 15 is 0 Å². The highest BCUT2D eigenvalue weighted by Crippen LogP contribution is 2.37. The highest BCUT2D eigenvalue weighted by molar-refractivity contribution is 7.89. The number of benzene rings is 2. The van der Waals surface area contributed by atoms with Gasteiger partial charge in [0.2, 0.25) is 15.9 Å². The SMILES string of the molecule is CC(=O)Nc1ccc(-c2cnc(-c3cccc(N)c3)s2)c(S(=O)(=O)NC(C)(C)C)c1. The number of sulfonamides is 1. The van der Waals surface area contributed by atoms with Gasteiger partial charge >= 0.3 is 0 Å². The molecule has 0 aliphatic carbocycles. The molecule has 0 atom stereocenters. The quantitative estimate of drug-likeness (QED) is 0.513. The number of aromatic nitrogens is 1. The molecule has 30 heavy (non-hydrogen) atoms. The van der Waals surface area contributed by atoms with Crippen molar-refractivity contribution in [1.29, 1.82) is 0 Å². The second-order valence-corrected chi connectivity index (χ2v) is 10.6. The average molecular weight is 445 g/mol. The molecule has 4 N–H and O–H groups in total. The number of rotatable bonds is 5. The highest BCUT2D eigenvalue weighted by Gasteiger charge is 2.26. The maximum atomic E-state index is 13.1. The molecular weight excluding hydrogens is 420 g/mol. The number of nitrogen functional groups attached to an aromatic ring is 1. The van der Waals surface area contributed by atoms with E-state index in [1.54, 1.807) is 45.2 Å². The standard InChI is InChI=1S/C21H24N4O3S2/c1-13(26)24-16-8-9-17(19(11-16)30(27,28)25-21(2,3)4)18-12-23-20(29-18)14-6-5-7-15(22)10-14/h5-12,25H,22H2,1-4H3,(H,24,26). The van der Waals surface area contributed by atoms with Crippen LogP contribution < -0.4 is 15.8 Å². The summed E-state index contributed by atoms with van der Waals surface area (Å²) in [4.78, 5) is 16.7. The lowest BCUT2D eigenvalue weighted by molar-refractivity contribution is -0.114. The van der Waals surface area contributed by atoms with Gasteiger partial charge in [0.15, 0.2) is 0 Å². The first-order chi connectivity index (χ1) is 13.9. The zero-order chi connectivity index (χ0) is 22.1. The molecule has 0 spiro atoms. The zero-order valence-corrected chi connectivity index (χ0v) is 18.8.